The van der Waals surface area contributed by atoms with Crippen molar-refractivity contribution in [3.8, 4) is 0 Å². The first-order valence-electron chi connectivity index (χ1n) is 10.5. The van der Waals surface area contributed by atoms with Crippen molar-refractivity contribution in [3.05, 3.63) is 51.7 Å². The highest BCUT2D eigenvalue weighted by Gasteiger charge is 2.32. The van der Waals surface area contributed by atoms with Crippen LogP contribution in [0.4, 0.5) is 5.69 Å². The normalized spacial score (nSPS) is 17.5. The molecule has 0 bridgehead atoms. The maximum atomic E-state index is 12.5. The molecule has 2 aromatic rings. The summed E-state index contributed by atoms with van der Waals surface area (Å²) in [7, 11) is 0. The molecule has 1 aliphatic rings. The monoisotopic (exact) mass is 447 g/mol. The molecule has 7 heteroatoms. The molecule has 0 aliphatic carbocycles. The molecule has 0 saturated carbocycles. The number of thioether (sulfide) groups is 1. The zero-order valence-corrected chi connectivity index (χ0v) is 18.9. The van der Waals surface area contributed by atoms with Gasteiger partial charge in [0, 0.05) is 10.6 Å². The highest BCUT2D eigenvalue weighted by Crippen LogP contribution is 2.34. The number of carbonyl (C=O) groups excluding carboxylic acids is 1. The number of hydrogen-bond donors (Lipinski definition) is 2. The molecule has 1 aliphatic heterocycles. The maximum Gasteiger partial charge on any atom is 0.345 e. The van der Waals surface area contributed by atoms with Gasteiger partial charge in [0.2, 0.25) is 5.91 Å². The smallest absolute Gasteiger partial charge is 0.345 e. The van der Waals surface area contributed by atoms with Crippen molar-refractivity contribution in [1.82, 2.24) is 0 Å². The van der Waals surface area contributed by atoms with E-state index in [4.69, 9.17) is 5.11 Å². The lowest BCUT2D eigenvalue weighted by Crippen LogP contribution is -2.32. The number of carboxylic acids is 1. The Morgan fingerprint density at radius 2 is 1.93 bits per heavy atom. The molecule has 2 atom stereocenters. The molecular weight excluding hydrogens is 418 g/mol. The quantitative estimate of drug-likeness (QED) is 0.446. The summed E-state index contributed by atoms with van der Waals surface area (Å²) in [6.45, 7) is 2.15. The highest BCUT2D eigenvalue weighted by atomic mass is 32.2. The summed E-state index contributed by atoms with van der Waals surface area (Å²) in [6.07, 6.45) is 6.16. The molecule has 30 heavy (non-hydrogen) atoms. The fourth-order valence-electron chi connectivity index (χ4n) is 3.68. The Morgan fingerprint density at radius 3 is 2.60 bits per heavy atom. The van der Waals surface area contributed by atoms with E-state index in [0.717, 1.165) is 61.1 Å². The van der Waals surface area contributed by atoms with E-state index in [1.54, 1.807) is 17.8 Å². The van der Waals surface area contributed by atoms with Gasteiger partial charge in [-0.1, -0.05) is 38.3 Å². The first-order chi connectivity index (χ1) is 14.5. The van der Waals surface area contributed by atoms with Crippen LogP contribution in [0.15, 0.2) is 36.4 Å². The Labute approximate surface area is 186 Å². The van der Waals surface area contributed by atoms with Gasteiger partial charge in [-0.2, -0.15) is 0 Å². The molecule has 0 radical (unpaired) electrons. The number of carboxylic acid groups (broad SMARTS) is 1. The minimum Gasteiger partial charge on any atom is -0.477 e. The van der Waals surface area contributed by atoms with Gasteiger partial charge in [-0.15, -0.1) is 23.1 Å². The number of amides is 1. The van der Waals surface area contributed by atoms with E-state index in [9.17, 15) is 14.7 Å². The van der Waals surface area contributed by atoms with Gasteiger partial charge >= 0.3 is 5.97 Å². The number of rotatable bonds is 11. The van der Waals surface area contributed by atoms with Gasteiger partial charge in [0.15, 0.2) is 0 Å². The summed E-state index contributed by atoms with van der Waals surface area (Å²) < 4.78 is 0. The van der Waals surface area contributed by atoms with Crippen molar-refractivity contribution in [1.29, 1.82) is 0 Å². The number of hydrogen-bond acceptors (Lipinski definition) is 5. The van der Waals surface area contributed by atoms with E-state index in [0.29, 0.717) is 10.6 Å². The predicted molar refractivity (Wildman–Crippen MR) is 123 cm³/mol. The highest BCUT2D eigenvalue weighted by molar-refractivity contribution is 8.01. The van der Waals surface area contributed by atoms with Crippen LogP contribution in [0.2, 0.25) is 0 Å². The van der Waals surface area contributed by atoms with Crippen LogP contribution in [0.25, 0.3) is 0 Å². The van der Waals surface area contributed by atoms with Gasteiger partial charge in [0.05, 0.1) is 17.2 Å². The van der Waals surface area contributed by atoms with Crippen molar-refractivity contribution in [2.45, 2.75) is 63.3 Å². The van der Waals surface area contributed by atoms with Gasteiger partial charge in [0.1, 0.15) is 4.88 Å². The molecule has 1 fully saturated rings. The molecule has 162 valence electrons. The number of aromatic carboxylic acids is 1. The van der Waals surface area contributed by atoms with E-state index in [1.807, 2.05) is 35.2 Å². The van der Waals surface area contributed by atoms with Gasteiger partial charge in [-0.05, 0) is 55.5 Å². The number of anilines is 1. The second kappa shape index (κ2) is 11.0. The third-order valence-corrected chi connectivity index (χ3v) is 7.72. The standard InChI is InChI=1S/C23H29NO4S2/c1-2-3-4-7-19(25)16-9-11-17(12-10-16)24-21(26)15-29-22(24)8-5-6-18-13-14-20(30-18)23(27)28/h9-14,19,22,25H,2-8,15H2,1H3,(H,27,28)/t19-,22+/m0/s1. The number of aliphatic hydroxyl groups is 1. The molecule has 1 aromatic heterocycles. The van der Waals surface area contributed by atoms with E-state index in [1.165, 1.54) is 11.3 Å². The number of benzene rings is 1. The van der Waals surface area contributed by atoms with Crippen molar-refractivity contribution >= 4 is 40.7 Å². The Kier molecular flexibility index (Phi) is 8.36. The molecule has 1 amide bonds. The van der Waals surface area contributed by atoms with Crippen LogP contribution in [0.1, 0.15) is 71.7 Å². The van der Waals surface area contributed by atoms with Crippen LogP contribution >= 0.6 is 23.1 Å². The van der Waals surface area contributed by atoms with Crippen LogP contribution in [0, 0.1) is 0 Å². The van der Waals surface area contributed by atoms with Gasteiger partial charge < -0.3 is 10.2 Å². The van der Waals surface area contributed by atoms with Crippen molar-refractivity contribution in [2.75, 3.05) is 10.7 Å². The SMILES string of the molecule is CCCCC[C@H](O)c1ccc(N2C(=O)CS[C@@H]2CCCc2ccc(C(=O)O)s2)cc1. The molecule has 2 N–H and O–H groups in total. The lowest BCUT2D eigenvalue weighted by atomic mass is 10.0. The third-order valence-electron chi connectivity index (χ3n) is 5.34. The fraction of sp³-hybridized carbons (Fsp3) is 0.478. The van der Waals surface area contributed by atoms with E-state index in [2.05, 4.69) is 6.92 Å². The Balaban J connectivity index is 1.56. The van der Waals surface area contributed by atoms with E-state index in [-0.39, 0.29) is 11.3 Å². The Hall–Kier alpha value is -1.83. The van der Waals surface area contributed by atoms with E-state index < -0.39 is 12.1 Å². The summed E-state index contributed by atoms with van der Waals surface area (Å²) in [6, 6.07) is 11.3. The largest absolute Gasteiger partial charge is 0.477 e. The van der Waals surface area contributed by atoms with Gasteiger partial charge in [0.25, 0.3) is 0 Å². The van der Waals surface area contributed by atoms with E-state index >= 15 is 0 Å². The second-order valence-corrected chi connectivity index (χ2v) is 9.93. The first-order valence-corrected chi connectivity index (χ1v) is 12.4. The molecule has 1 saturated heterocycles. The Bertz CT molecular complexity index is 849. The molecule has 0 unspecified atom stereocenters. The summed E-state index contributed by atoms with van der Waals surface area (Å²) in [4.78, 5) is 26.8. The Morgan fingerprint density at radius 1 is 1.17 bits per heavy atom. The summed E-state index contributed by atoms with van der Waals surface area (Å²) in [5.41, 5.74) is 1.78. The second-order valence-electron chi connectivity index (χ2n) is 7.60. The molecule has 2 heterocycles. The average molecular weight is 448 g/mol. The van der Waals surface area contributed by atoms with Gasteiger partial charge in [-0.3, -0.25) is 9.69 Å². The van der Waals surface area contributed by atoms with Crippen LogP contribution in [0.3, 0.4) is 0 Å². The number of unbranched alkanes of at least 4 members (excludes halogenated alkanes) is 2. The van der Waals surface area contributed by atoms with Gasteiger partial charge in [-0.25, -0.2) is 4.79 Å². The average Bonchev–Trinajstić information content (AvgIpc) is 3.35. The fourth-order valence-corrected chi connectivity index (χ4v) is 5.77. The molecule has 3 rings (SSSR count). The molecular formula is C23H29NO4S2. The van der Waals surface area contributed by atoms with Crippen LogP contribution in [-0.4, -0.2) is 33.2 Å². The van der Waals surface area contributed by atoms with Crippen LogP contribution < -0.4 is 4.90 Å². The van der Waals surface area contributed by atoms with Crippen LogP contribution in [-0.2, 0) is 11.2 Å². The molecule has 0 spiro atoms. The minimum absolute atomic E-state index is 0.0942. The number of carbonyl (C=O) groups is 2. The topological polar surface area (TPSA) is 77.8 Å². The molecule has 1 aromatic carbocycles. The lowest BCUT2D eigenvalue weighted by Gasteiger charge is -2.24. The third kappa shape index (κ3) is 5.86. The van der Waals surface area contributed by atoms with Crippen molar-refractivity contribution < 1.29 is 19.8 Å². The lowest BCUT2D eigenvalue weighted by molar-refractivity contribution is -0.115. The van der Waals surface area contributed by atoms with Crippen molar-refractivity contribution in [2.24, 2.45) is 0 Å². The number of aliphatic hydroxyl groups excluding tert-OH is 1. The first kappa shape index (κ1) is 22.8. The molecule has 5 nitrogen and oxygen atoms in total. The minimum atomic E-state index is -0.881. The maximum absolute atomic E-state index is 12.5. The van der Waals surface area contributed by atoms with Crippen LogP contribution in [0.5, 0.6) is 0 Å². The van der Waals surface area contributed by atoms with Crippen molar-refractivity contribution in [3.63, 3.8) is 0 Å². The summed E-state index contributed by atoms with van der Waals surface area (Å²) in [5, 5.41) is 19.5. The zero-order chi connectivity index (χ0) is 21.5. The summed E-state index contributed by atoms with van der Waals surface area (Å²) in [5.74, 6) is -0.285. The number of nitrogens with zero attached hydrogens (tertiary/aromatic N) is 1. The number of thiophene rings is 1. The predicted octanol–water partition coefficient (Wildman–Crippen LogP) is 5.49. The zero-order valence-electron chi connectivity index (χ0n) is 17.3. The summed E-state index contributed by atoms with van der Waals surface area (Å²) >= 11 is 2.98. The number of aryl methyl sites for hydroxylation is 1.